The van der Waals surface area contributed by atoms with Crippen molar-refractivity contribution in [1.29, 1.82) is 0 Å². The van der Waals surface area contributed by atoms with Gasteiger partial charge in [0.2, 0.25) is 10.0 Å². The van der Waals surface area contributed by atoms with Crippen LogP contribution in [0.25, 0.3) is 0 Å². The van der Waals surface area contributed by atoms with E-state index >= 15 is 0 Å². The average molecular weight is 318 g/mol. The first-order valence-electron chi connectivity index (χ1n) is 5.71. The molecule has 3 nitrogen and oxygen atoms in total. The molecular weight excluding hydrogens is 302 g/mol. The summed E-state index contributed by atoms with van der Waals surface area (Å²) in [5.41, 5.74) is -0.272. The van der Waals surface area contributed by atoms with E-state index in [1.54, 1.807) is 24.3 Å². The molecule has 0 spiro atoms. The third-order valence-electron chi connectivity index (χ3n) is 3.21. The SMILES string of the molecule is CC1(NS(=O)(=O)c2ccc(Br)cc2)CCCC1. The molecule has 0 aliphatic heterocycles. The molecule has 0 heterocycles. The Morgan fingerprint density at radius 3 is 2.24 bits per heavy atom. The van der Waals surface area contributed by atoms with Crippen molar-refractivity contribution in [2.75, 3.05) is 0 Å². The summed E-state index contributed by atoms with van der Waals surface area (Å²) in [4.78, 5) is 0.328. The van der Waals surface area contributed by atoms with Gasteiger partial charge in [0.05, 0.1) is 4.90 Å². The van der Waals surface area contributed by atoms with Gasteiger partial charge in [-0.1, -0.05) is 28.8 Å². The molecule has 2 rings (SSSR count). The fourth-order valence-corrected chi connectivity index (χ4v) is 3.98. The maximum absolute atomic E-state index is 12.2. The van der Waals surface area contributed by atoms with Crippen molar-refractivity contribution in [2.24, 2.45) is 0 Å². The summed E-state index contributed by atoms with van der Waals surface area (Å²) >= 11 is 3.30. The summed E-state index contributed by atoms with van der Waals surface area (Å²) < 4.78 is 28.1. The molecule has 1 N–H and O–H groups in total. The fourth-order valence-electron chi connectivity index (χ4n) is 2.25. The average Bonchev–Trinajstić information content (AvgIpc) is 2.64. The second-order valence-corrected chi connectivity index (χ2v) is 7.43. The van der Waals surface area contributed by atoms with Gasteiger partial charge in [0.1, 0.15) is 0 Å². The van der Waals surface area contributed by atoms with E-state index in [2.05, 4.69) is 20.7 Å². The van der Waals surface area contributed by atoms with E-state index in [0.29, 0.717) is 4.90 Å². The maximum Gasteiger partial charge on any atom is 0.241 e. The van der Waals surface area contributed by atoms with E-state index in [1.807, 2.05) is 6.92 Å². The second kappa shape index (κ2) is 4.71. The van der Waals surface area contributed by atoms with Gasteiger partial charge in [0, 0.05) is 10.0 Å². The van der Waals surface area contributed by atoms with E-state index in [1.165, 1.54) is 0 Å². The van der Waals surface area contributed by atoms with Gasteiger partial charge < -0.3 is 0 Å². The third-order valence-corrected chi connectivity index (χ3v) is 5.39. The number of sulfonamides is 1. The zero-order valence-electron chi connectivity index (χ0n) is 9.74. The minimum atomic E-state index is -3.39. The predicted molar refractivity (Wildman–Crippen MR) is 71.3 cm³/mol. The molecule has 5 heteroatoms. The molecule has 1 saturated carbocycles. The van der Waals surface area contributed by atoms with Crippen LogP contribution in [-0.2, 0) is 10.0 Å². The lowest BCUT2D eigenvalue weighted by Crippen LogP contribution is -2.43. The van der Waals surface area contributed by atoms with Crippen molar-refractivity contribution in [3.8, 4) is 0 Å². The molecule has 1 fully saturated rings. The smallest absolute Gasteiger partial charge is 0.207 e. The van der Waals surface area contributed by atoms with Crippen molar-refractivity contribution in [3.05, 3.63) is 28.7 Å². The Morgan fingerprint density at radius 1 is 1.18 bits per heavy atom. The predicted octanol–water partition coefficient (Wildman–Crippen LogP) is 3.06. The van der Waals surface area contributed by atoms with Crippen LogP contribution < -0.4 is 4.72 Å². The summed E-state index contributed by atoms with van der Waals surface area (Å²) in [5.74, 6) is 0. The number of rotatable bonds is 3. The lowest BCUT2D eigenvalue weighted by Gasteiger charge is -2.24. The standard InChI is InChI=1S/C12H16BrNO2S/c1-12(8-2-3-9-12)14-17(15,16)11-6-4-10(13)5-7-11/h4-7,14H,2-3,8-9H2,1H3. The molecule has 1 aliphatic carbocycles. The van der Waals surface area contributed by atoms with Crippen molar-refractivity contribution in [1.82, 2.24) is 4.72 Å². The summed E-state index contributed by atoms with van der Waals surface area (Å²) in [6.45, 7) is 1.98. The monoisotopic (exact) mass is 317 g/mol. The lowest BCUT2D eigenvalue weighted by molar-refractivity contribution is 0.427. The van der Waals surface area contributed by atoms with Crippen LogP contribution in [0.5, 0.6) is 0 Å². The van der Waals surface area contributed by atoms with Crippen LogP contribution >= 0.6 is 15.9 Å². The van der Waals surface area contributed by atoms with E-state index in [-0.39, 0.29) is 5.54 Å². The number of halogens is 1. The third kappa shape index (κ3) is 3.09. The van der Waals surface area contributed by atoms with E-state index < -0.39 is 10.0 Å². The van der Waals surface area contributed by atoms with Crippen LogP contribution in [0.4, 0.5) is 0 Å². The number of hydrogen-bond donors (Lipinski definition) is 1. The van der Waals surface area contributed by atoms with Crippen LogP contribution in [0.3, 0.4) is 0 Å². The first kappa shape index (κ1) is 13.1. The van der Waals surface area contributed by atoms with Gasteiger partial charge >= 0.3 is 0 Å². The zero-order valence-corrected chi connectivity index (χ0v) is 12.1. The van der Waals surface area contributed by atoms with Gasteiger partial charge in [-0.25, -0.2) is 13.1 Å². The summed E-state index contributed by atoms with van der Waals surface area (Å²) in [5, 5.41) is 0. The molecule has 17 heavy (non-hydrogen) atoms. The van der Waals surface area contributed by atoms with Gasteiger partial charge in [-0.2, -0.15) is 0 Å². The molecule has 1 aromatic carbocycles. The number of hydrogen-bond acceptors (Lipinski definition) is 2. The molecule has 0 atom stereocenters. The summed E-state index contributed by atoms with van der Waals surface area (Å²) in [7, 11) is -3.39. The van der Waals surface area contributed by atoms with Gasteiger partial charge in [-0.05, 0) is 44.0 Å². The molecular formula is C12H16BrNO2S. The Labute approximate surface area is 111 Å². The van der Waals surface area contributed by atoms with Crippen molar-refractivity contribution in [3.63, 3.8) is 0 Å². The Hall–Kier alpha value is -0.390. The van der Waals surface area contributed by atoms with Crippen LogP contribution in [-0.4, -0.2) is 14.0 Å². The van der Waals surface area contributed by atoms with E-state index in [9.17, 15) is 8.42 Å². The maximum atomic E-state index is 12.2. The number of nitrogens with one attached hydrogen (secondary N) is 1. The molecule has 0 saturated heterocycles. The first-order chi connectivity index (χ1) is 7.91. The summed E-state index contributed by atoms with van der Waals surface area (Å²) in [6.07, 6.45) is 4.03. The zero-order chi connectivity index (χ0) is 12.5. The molecule has 1 aromatic rings. The van der Waals surface area contributed by atoms with Crippen LogP contribution in [0.15, 0.2) is 33.6 Å². The van der Waals surface area contributed by atoms with Gasteiger partial charge in [-0.3, -0.25) is 0 Å². The first-order valence-corrected chi connectivity index (χ1v) is 7.99. The molecule has 94 valence electrons. The second-order valence-electron chi connectivity index (χ2n) is 4.83. The molecule has 0 aromatic heterocycles. The summed E-state index contributed by atoms with van der Waals surface area (Å²) in [6, 6.07) is 6.71. The highest BCUT2D eigenvalue weighted by molar-refractivity contribution is 9.10. The Bertz CT molecular complexity index is 490. The van der Waals surface area contributed by atoms with Crippen LogP contribution in [0.2, 0.25) is 0 Å². The topological polar surface area (TPSA) is 46.2 Å². The van der Waals surface area contributed by atoms with Gasteiger partial charge in [0.15, 0.2) is 0 Å². The highest BCUT2D eigenvalue weighted by atomic mass is 79.9. The fraction of sp³-hybridized carbons (Fsp3) is 0.500. The Kier molecular flexibility index (Phi) is 3.61. The van der Waals surface area contributed by atoms with Crippen molar-refractivity contribution in [2.45, 2.75) is 43.0 Å². The van der Waals surface area contributed by atoms with Gasteiger partial charge in [-0.15, -0.1) is 0 Å². The Balaban J connectivity index is 2.22. The minimum Gasteiger partial charge on any atom is -0.207 e. The molecule has 0 radical (unpaired) electrons. The van der Waals surface area contributed by atoms with Crippen molar-refractivity contribution >= 4 is 26.0 Å². The normalized spacial score (nSPS) is 19.4. The van der Waals surface area contributed by atoms with Crippen LogP contribution in [0, 0.1) is 0 Å². The molecule has 0 bridgehead atoms. The Morgan fingerprint density at radius 2 is 1.71 bits per heavy atom. The van der Waals surface area contributed by atoms with Gasteiger partial charge in [0.25, 0.3) is 0 Å². The molecule has 0 amide bonds. The minimum absolute atomic E-state index is 0.272. The van der Waals surface area contributed by atoms with E-state index in [4.69, 9.17) is 0 Å². The van der Waals surface area contributed by atoms with Crippen LogP contribution in [0.1, 0.15) is 32.6 Å². The largest absolute Gasteiger partial charge is 0.241 e. The number of benzene rings is 1. The highest BCUT2D eigenvalue weighted by Gasteiger charge is 2.33. The molecule has 0 unspecified atom stereocenters. The lowest BCUT2D eigenvalue weighted by atomic mass is 10.0. The van der Waals surface area contributed by atoms with E-state index in [0.717, 1.165) is 30.2 Å². The quantitative estimate of drug-likeness (QED) is 0.931. The molecule has 1 aliphatic rings. The highest BCUT2D eigenvalue weighted by Crippen LogP contribution is 2.30. The van der Waals surface area contributed by atoms with Crippen molar-refractivity contribution < 1.29 is 8.42 Å².